The van der Waals surface area contributed by atoms with E-state index < -0.39 is 0 Å². The first-order valence-electron chi connectivity index (χ1n) is 10.5. The number of amides is 1. The van der Waals surface area contributed by atoms with Gasteiger partial charge in [0.05, 0.1) is 11.3 Å². The quantitative estimate of drug-likeness (QED) is 0.421. The molecule has 1 heterocycles. The Kier molecular flexibility index (Phi) is 6.15. The molecule has 5 heteroatoms. The SMILES string of the molecule is CC(C)(C)c1ccc(/C=C2/C(=O)N(c3ccccc3)N=C2COc2ccc(Cl)cc2)cc1. The zero-order chi connectivity index (χ0) is 22.7. The normalized spacial score (nSPS) is 15.2. The number of hydrogen-bond acceptors (Lipinski definition) is 3. The van der Waals surface area contributed by atoms with Gasteiger partial charge in [-0.1, -0.05) is 74.8 Å². The van der Waals surface area contributed by atoms with Gasteiger partial charge in [-0.3, -0.25) is 4.79 Å². The van der Waals surface area contributed by atoms with Crippen molar-refractivity contribution in [2.75, 3.05) is 11.6 Å². The molecule has 3 aromatic carbocycles. The topological polar surface area (TPSA) is 41.9 Å². The zero-order valence-electron chi connectivity index (χ0n) is 18.4. The summed E-state index contributed by atoms with van der Waals surface area (Å²) in [7, 11) is 0. The highest BCUT2D eigenvalue weighted by Crippen LogP contribution is 2.27. The van der Waals surface area contributed by atoms with Gasteiger partial charge < -0.3 is 4.74 Å². The molecule has 0 aliphatic carbocycles. The predicted octanol–water partition coefficient (Wildman–Crippen LogP) is 6.50. The molecule has 0 spiro atoms. The fraction of sp³-hybridized carbons (Fsp3) is 0.185. The first kappa shape index (κ1) is 21.8. The maximum Gasteiger partial charge on any atom is 0.280 e. The largest absolute Gasteiger partial charge is 0.487 e. The summed E-state index contributed by atoms with van der Waals surface area (Å²) in [6, 6.07) is 24.8. The number of rotatable bonds is 5. The van der Waals surface area contributed by atoms with E-state index in [1.54, 1.807) is 24.3 Å². The second-order valence-corrected chi connectivity index (χ2v) is 9.11. The van der Waals surface area contributed by atoms with Gasteiger partial charge in [0.1, 0.15) is 18.1 Å². The molecule has 0 saturated heterocycles. The van der Waals surface area contributed by atoms with Crippen LogP contribution >= 0.6 is 11.6 Å². The van der Waals surface area contributed by atoms with E-state index in [9.17, 15) is 4.79 Å². The van der Waals surface area contributed by atoms with E-state index in [-0.39, 0.29) is 17.9 Å². The summed E-state index contributed by atoms with van der Waals surface area (Å²) in [6.07, 6.45) is 1.88. The van der Waals surface area contributed by atoms with Crippen LogP contribution < -0.4 is 9.75 Å². The highest BCUT2D eigenvalue weighted by atomic mass is 35.5. The number of hydrazone groups is 1. The van der Waals surface area contributed by atoms with Crippen LogP contribution in [0.2, 0.25) is 5.02 Å². The molecule has 0 N–H and O–H groups in total. The molecule has 162 valence electrons. The Balaban J connectivity index is 1.64. The van der Waals surface area contributed by atoms with E-state index in [1.165, 1.54) is 10.6 Å². The van der Waals surface area contributed by atoms with Crippen LogP contribution in [-0.4, -0.2) is 18.2 Å². The smallest absolute Gasteiger partial charge is 0.280 e. The average molecular weight is 445 g/mol. The van der Waals surface area contributed by atoms with Crippen LogP contribution in [0.25, 0.3) is 6.08 Å². The third kappa shape index (κ3) is 4.92. The molecule has 0 radical (unpaired) electrons. The second kappa shape index (κ2) is 9.01. The van der Waals surface area contributed by atoms with Gasteiger partial charge in [-0.2, -0.15) is 10.1 Å². The zero-order valence-corrected chi connectivity index (χ0v) is 19.1. The van der Waals surface area contributed by atoms with Gasteiger partial charge in [0, 0.05) is 5.02 Å². The lowest BCUT2D eigenvalue weighted by atomic mass is 9.86. The molecule has 4 nitrogen and oxygen atoms in total. The third-order valence-electron chi connectivity index (χ3n) is 5.23. The highest BCUT2D eigenvalue weighted by Gasteiger charge is 2.31. The standard InChI is InChI=1S/C27H25ClN2O2/c1-27(2,3)20-11-9-19(10-12-20)17-24-25(18-32-23-15-13-21(28)14-16-23)29-30(26(24)31)22-7-5-4-6-8-22/h4-17H,18H2,1-3H3/b24-17+. The van der Waals surface area contributed by atoms with E-state index in [0.29, 0.717) is 27.7 Å². The molecule has 3 aromatic rings. The van der Waals surface area contributed by atoms with Crippen LogP contribution in [0.1, 0.15) is 31.9 Å². The Hall–Kier alpha value is -3.37. The van der Waals surface area contributed by atoms with Gasteiger partial charge >= 0.3 is 0 Å². The molecule has 1 amide bonds. The lowest BCUT2D eigenvalue weighted by Crippen LogP contribution is -2.21. The minimum absolute atomic E-state index is 0.0675. The minimum Gasteiger partial charge on any atom is -0.487 e. The van der Waals surface area contributed by atoms with Crippen LogP contribution in [0.3, 0.4) is 0 Å². The van der Waals surface area contributed by atoms with E-state index in [4.69, 9.17) is 16.3 Å². The molecule has 0 saturated carbocycles. The lowest BCUT2D eigenvalue weighted by Gasteiger charge is -2.18. The van der Waals surface area contributed by atoms with Gasteiger partial charge in [0.15, 0.2) is 0 Å². The number of hydrogen-bond donors (Lipinski definition) is 0. The monoisotopic (exact) mass is 444 g/mol. The number of carbonyl (C=O) groups excluding carboxylic acids is 1. The number of ether oxygens (including phenoxy) is 1. The van der Waals surface area contributed by atoms with E-state index in [2.05, 4.69) is 38.0 Å². The molecule has 0 fully saturated rings. The van der Waals surface area contributed by atoms with Gasteiger partial charge in [0.25, 0.3) is 5.91 Å². The van der Waals surface area contributed by atoms with Gasteiger partial charge in [-0.05, 0) is 59.0 Å². The Morgan fingerprint density at radius 2 is 1.59 bits per heavy atom. The molecular formula is C27H25ClN2O2. The molecule has 0 atom stereocenters. The first-order chi connectivity index (χ1) is 15.3. The molecular weight excluding hydrogens is 420 g/mol. The lowest BCUT2D eigenvalue weighted by molar-refractivity contribution is -0.114. The summed E-state index contributed by atoms with van der Waals surface area (Å²) < 4.78 is 5.90. The molecule has 0 bridgehead atoms. The van der Waals surface area contributed by atoms with Crippen molar-refractivity contribution < 1.29 is 9.53 Å². The number of para-hydroxylation sites is 1. The average Bonchev–Trinajstić information content (AvgIpc) is 3.09. The third-order valence-corrected chi connectivity index (χ3v) is 5.48. The fourth-order valence-electron chi connectivity index (χ4n) is 3.38. The summed E-state index contributed by atoms with van der Waals surface area (Å²) in [5.41, 5.74) is 4.06. The van der Waals surface area contributed by atoms with Crippen LogP contribution in [0, 0.1) is 0 Å². The summed E-state index contributed by atoms with van der Waals surface area (Å²) in [5, 5.41) is 6.65. The maximum atomic E-state index is 13.3. The number of nitrogens with zero attached hydrogens (tertiary/aromatic N) is 2. The molecule has 0 aromatic heterocycles. The fourth-order valence-corrected chi connectivity index (χ4v) is 3.51. The van der Waals surface area contributed by atoms with Crippen molar-refractivity contribution in [2.24, 2.45) is 5.10 Å². The summed E-state index contributed by atoms with van der Waals surface area (Å²) in [4.78, 5) is 13.3. The van der Waals surface area contributed by atoms with E-state index in [0.717, 1.165) is 5.56 Å². The van der Waals surface area contributed by atoms with Crippen LogP contribution in [-0.2, 0) is 10.2 Å². The van der Waals surface area contributed by atoms with Crippen molar-refractivity contribution in [3.05, 3.63) is 101 Å². The Morgan fingerprint density at radius 1 is 0.938 bits per heavy atom. The van der Waals surface area contributed by atoms with Gasteiger partial charge in [-0.25, -0.2) is 0 Å². The highest BCUT2D eigenvalue weighted by molar-refractivity contribution is 6.33. The molecule has 32 heavy (non-hydrogen) atoms. The summed E-state index contributed by atoms with van der Waals surface area (Å²) in [6.45, 7) is 6.70. The number of benzene rings is 3. The minimum atomic E-state index is -0.175. The van der Waals surface area contributed by atoms with Crippen LogP contribution in [0.4, 0.5) is 5.69 Å². The second-order valence-electron chi connectivity index (χ2n) is 8.67. The summed E-state index contributed by atoms with van der Waals surface area (Å²) >= 11 is 5.96. The van der Waals surface area contributed by atoms with E-state index >= 15 is 0 Å². The van der Waals surface area contributed by atoms with Crippen molar-refractivity contribution >= 4 is 35.0 Å². The Bertz CT molecular complexity index is 1160. The number of halogens is 1. The van der Waals surface area contributed by atoms with Crippen LogP contribution in [0.15, 0.2) is 89.5 Å². The van der Waals surface area contributed by atoms with Gasteiger partial charge in [0.2, 0.25) is 0 Å². The van der Waals surface area contributed by atoms with Crippen molar-refractivity contribution in [1.82, 2.24) is 0 Å². The van der Waals surface area contributed by atoms with E-state index in [1.807, 2.05) is 48.5 Å². The van der Waals surface area contributed by atoms with Crippen molar-refractivity contribution in [1.29, 1.82) is 0 Å². The first-order valence-corrected chi connectivity index (χ1v) is 10.9. The van der Waals surface area contributed by atoms with Gasteiger partial charge in [-0.15, -0.1) is 0 Å². The van der Waals surface area contributed by atoms with Crippen LogP contribution in [0.5, 0.6) is 5.75 Å². The molecule has 1 aliphatic rings. The molecule has 1 aliphatic heterocycles. The Labute approximate surface area is 193 Å². The number of carbonyl (C=O) groups is 1. The maximum absolute atomic E-state index is 13.3. The van der Waals surface area contributed by atoms with Crippen molar-refractivity contribution in [3.63, 3.8) is 0 Å². The Morgan fingerprint density at radius 3 is 2.22 bits per heavy atom. The number of anilines is 1. The van der Waals surface area contributed by atoms with Crippen molar-refractivity contribution in [3.8, 4) is 5.75 Å². The molecule has 0 unspecified atom stereocenters. The summed E-state index contributed by atoms with van der Waals surface area (Å²) in [5.74, 6) is 0.488. The predicted molar refractivity (Wildman–Crippen MR) is 131 cm³/mol. The van der Waals surface area contributed by atoms with Crippen molar-refractivity contribution in [2.45, 2.75) is 26.2 Å². The molecule has 4 rings (SSSR count).